The molecule has 39 heavy (non-hydrogen) atoms. The summed E-state index contributed by atoms with van der Waals surface area (Å²) in [6.45, 7) is 8.83. The fourth-order valence-electron chi connectivity index (χ4n) is 4.48. The van der Waals surface area contributed by atoms with Crippen LogP contribution in [0.15, 0.2) is 72.1 Å². The maximum absolute atomic E-state index is 13.2. The summed E-state index contributed by atoms with van der Waals surface area (Å²) in [5, 5.41) is 10.5. The number of nitrogens with one attached hydrogen (secondary N) is 2. The number of ether oxygens (including phenoxy) is 2. The molecule has 1 aliphatic heterocycles. The lowest BCUT2D eigenvalue weighted by molar-refractivity contribution is -0.140. The Morgan fingerprint density at radius 1 is 1.05 bits per heavy atom. The molecule has 2 aromatic carbocycles. The van der Waals surface area contributed by atoms with Gasteiger partial charge >= 0.3 is 12.0 Å². The molecule has 0 unspecified atom stereocenters. The molecule has 0 fully saturated rings. The normalized spacial score (nSPS) is 15.2. The number of aromatic nitrogens is 2. The number of amides is 2. The van der Waals surface area contributed by atoms with Gasteiger partial charge in [-0.1, -0.05) is 58.2 Å². The monoisotopic (exact) mass is 530 g/mol. The molecule has 8 nitrogen and oxygen atoms in total. The van der Waals surface area contributed by atoms with Crippen LogP contribution in [0.2, 0.25) is 0 Å². The second-order valence-electron chi connectivity index (χ2n) is 10.2. The summed E-state index contributed by atoms with van der Waals surface area (Å²) in [6, 6.07) is 16.4. The van der Waals surface area contributed by atoms with Crippen molar-refractivity contribution in [1.29, 1.82) is 0 Å². The van der Waals surface area contributed by atoms with E-state index in [1.54, 1.807) is 11.6 Å². The van der Waals surface area contributed by atoms with E-state index in [2.05, 4.69) is 17.6 Å². The molecule has 4 rings (SSSR count). The van der Waals surface area contributed by atoms with Gasteiger partial charge in [-0.2, -0.15) is 5.10 Å². The fourth-order valence-corrected chi connectivity index (χ4v) is 4.48. The zero-order valence-corrected chi connectivity index (χ0v) is 23.2. The number of rotatable bonds is 12. The van der Waals surface area contributed by atoms with Gasteiger partial charge in [-0.3, -0.25) is 0 Å². The molecular formula is C31H38N4O4. The highest BCUT2D eigenvalue weighted by Gasteiger charge is 2.35. The van der Waals surface area contributed by atoms with Gasteiger partial charge in [0.15, 0.2) is 0 Å². The third kappa shape index (κ3) is 7.07. The molecule has 2 amide bonds. The first kappa shape index (κ1) is 28.0. The minimum atomic E-state index is -0.736. The first-order chi connectivity index (χ1) is 18.9. The van der Waals surface area contributed by atoms with E-state index >= 15 is 0 Å². The maximum atomic E-state index is 13.2. The molecule has 3 aromatic rings. The molecule has 1 atom stereocenters. The molecule has 0 bridgehead atoms. The smallest absolute Gasteiger partial charge is 0.338 e. The molecule has 206 valence electrons. The first-order valence-corrected chi connectivity index (χ1v) is 13.7. The Kier molecular flexibility index (Phi) is 9.41. The van der Waals surface area contributed by atoms with E-state index in [9.17, 15) is 9.59 Å². The van der Waals surface area contributed by atoms with Gasteiger partial charge in [0, 0.05) is 23.0 Å². The summed E-state index contributed by atoms with van der Waals surface area (Å²) in [6.07, 6.45) is 6.45. The van der Waals surface area contributed by atoms with Crippen molar-refractivity contribution in [2.24, 2.45) is 5.92 Å². The van der Waals surface area contributed by atoms with Crippen molar-refractivity contribution in [2.75, 3.05) is 13.2 Å². The molecule has 0 aliphatic carbocycles. The zero-order chi connectivity index (χ0) is 27.8. The van der Waals surface area contributed by atoms with Crippen LogP contribution < -0.4 is 15.4 Å². The lowest BCUT2D eigenvalue weighted by atomic mass is 9.93. The van der Waals surface area contributed by atoms with Crippen LogP contribution in [0.1, 0.15) is 65.0 Å². The largest absolute Gasteiger partial charge is 0.494 e. The van der Waals surface area contributed by atoms with Gasteiger partial charge in [0.2, 0.25) is 0 Å². The van der Waals surface area contributed by atoms with Gasteiger partial charge in [0.1, 0.15) is 5.75 Å². The second kappa shape index (κ2) is 13.1. The van der Waals surface area contributed by atoms with E-state index in [1.165, 1.54) is 12.8 Å². The number of allylic oxidation sites excluding steroid dienone is 1. The third-order valence-electron chi connectivity index (χ3n) is 6.51. The minimum Gasteiger partial charge on any atom is -0.494 e. The number of esters is 1. The van der Waals surface area contributed by atoms with Crippen LogP contribution >= 0.6 is 0 Å². The Bertz CT molecular complexity index is 1300. The predicted octanol–water partition coefficient (Wildman–Crippen LogP) is 6.33. The highest BCUT2D eigenvalue weighted by Crippen LogP contribution is 2.35. The van der Waals surface area contributed by atoms with Gasteiger partial charge in [-0.15, -0.1) is 0 Å². The fraction of sp³-hybridized carbons (Fsp3) is 0.387. The first-order valence-electron chi connectivity index (χ1n) is 13.7. The molecule has 0 radical (unpaired) electrons. The van der Waals surface area contributed by atoms with Gasteiger partial charge in [0.25, 0.3) is 0 Å². The molecule has 0 saturated carbocycles. The standard InChI is InChI=1S/C31H38N4O4/c1-5-6-7-11-18-38-25-16-14-23(15-17-25)28-26(19-35(34-28)24-12-9-8-10-13-24)29-27(22(4)32-31(37)33-29)30(36)39-20-21(2)3/h8-10,12-17,19,21,29H,5-7,11,18,20H2,1-4H3,(H2,32,33,37)/t29-/m0/s1. The molecular weight excluding hydrogens is 492 g/mol. The number of urea groups is 1. The van der Waals surface area contributed by atoms with Crippen molar-refractivity contribution in [3.05, 3.63) is 77.6 Å². The van der Waals surface area contributed by atoms with E-state index in [1.807, 2.05) is 74.6 Å². The molecule has 1 aromatic heterocycles. The summed E-state index contributed by atoms with van der Waals surface area (Å²) < 4.78 is 13.3. The average Bonchev–Trinajstić information content (AvgIpc) is 3.37. The molecule has 2 heterocycles. The van der Waals surface area contributed by atoms with Crippen LogP contribution in [0.4, 0.5) is 4.79 Å². The van der Waals surface area contributed by atoms with Crippen LogP contribution in [0.25, 0.3) is 16.9 Å². The van der Waals surface area contributed by atoms with E-state index in [0.29, 0.717) is 29.1 Å². The molecule has 0 saturated heterocycles. The van der Waals surface area contributed by atoms with Crippen molar-refractivity contribution in [2.45, 2.75) is 59.4 Å². The summed E-state index contributed by atoms with van der Waals surface area (Å²) in [5.41, 5.74) is 3.87. The van der Waals surface area contributed by atoms with Gasteiger partial charge in [-0.05, 0) is 55.7 Å². The van der Waals surface area contributed by atoms with E-state index in [4.69, 9.17) is 14.6 Å². The van der Waals surface area contributed by atoms with Crippen LogP contribution in [0.5, 0.6) is 5.75 Å². The number of para-hydroxylation sites is 1. The number of carbonyl (C=O) groups is 2. The average molecular weight is 531 g/mol. The van der Waals surface area contributed by atoms with Crippen LogP contribution in [-0.4, -0.2) is 35.0 Å². The Hall–Kier alpha value is -4.07. The highest BCUT2D eigenvalue weighted by molar-refractivity contribution is 5.95. The molecule has 2 N–H and O–H groups in total. The summed E-state index contributed by atoms with van der Waals surface area (Å²) >= 11 is 0. The number of carbonyl (C=O) groups excluding carboxylic acids is 2. The highest BCUT2D eigenvalue weighted by atomic mass is 16.5. The maximum Gasteiger partial charge on any atom is 0.338 e. The minimum absolute atomic E-state index is 0.184. The Balaban J connectivity index is 1.70. The number of nitrogens with zero attached hydrogens (tertiary/aromatic N) is 2. The topological polar surface area (TPSA) is 94.5 Å². The van der Waals surface area contributed by atoms with Crippen molar-refractivity contribution in [3.8, 4) is 22.7 Å². The lowest BCUT2D eigenvalue weighted by Gasteiger charge is -2.28. The van der Waals surface area contributed by atoms with Crippen molar-refractivity contribution in [1.82, 2.24) is 20.4 Å². The van der Waals surface area contributed by atoms with Crippen molar-refractivity contribution in [3.63, 3.8) is 0 Å². The summed E-state index contributed by atoms with van der Waals surface area (Å²) in [4.78, 5) is 25.8. The van der Waals surface area contributed by atoms with E-state index < -0.39 is 12.0 Å². The molecule has 8 heteroatoms. The third-order valence-corrected chi connectivity index (χ3v) is 6.51. The Labute approximate surface area is 230 Å². The van der Waals surface area contributed by atoms with Gasteiger partial charge in [-0.25, -0.2) is 14.3 Å². The Morgan fingerprint density at radius 2 is 1.79 bits per heavy atom. The number of benzene rings is 2. The molecule has 1 aliphatic rings. The SMILES string of the molecule is CCCCCCOc1ccc(-c2nn(-c3ccccc3)cc2[C@@H]2NC(=O)NC(C)=C2C(=O)OCC(C)C)cc1. The predicted molar refractivity (Wildman–Crippen MR) is 152 cm³/mol. The Morgan fingerprint density at radius 3 is 2.49 bits per heavy atom. The zero-order valence-electron chi connectivity index (χ0n) is 23.2. The lowest BCUT2D eigenvalue weighted by Crippen LogP contribution is -2.45. The van der Waals surface area contributed by atoms with E-state index in [0.717, 1.165) is 29.8 Å². The number of hydrogen-bond acceptors (Lipinski definition) is 5. The van der Waals surface area contributed by atoms with Crippen LogP contribution in [-0.2, 0) is 9.53 Å². The number of hydrogen-bond donors (Lipinski definition) is 2. The van der Waals surface area contributed by atoms with E-state index in [-0.39, 0.29) is 18.6 Å². The van der Waals surface area contributed by atoms with Gasteiger partial charge in [0.05, 0.1) is 36.2 Å². The molecule has 0 spiro atoms. The van der Waals surface area contributed by atoms with Crippen LogP contribution in [0, 0.1) is 5.92 Å². The number of unbranched alkanes of at least 4 members (excludes halogenated alkanes) is 3. The second-order valence-corrected chi connectivity index (χ2v) is 10.2. The summed E-state index contributed by atoms with van der Waals surface area (Å²) in [7, 11) is 0. The quantitative estimate of drug-likeness (QED) is 0.211. The van der Waals surface area contributed by atoms with Gasteiger partial charge < -0.3 is 20.1 Å². The summed E-state index contributed by atoms with van der Waals surface area (Å²) in [5.74, 6) is 0.510. The van der Waals surface area contributed by atoms with Crippen molar-refractivity contribution < 1.29 is 19.1 Å². The van der Waals surface area contributed by atoms with Crippen LogP contribution in [0.3, 0.4) is 0 Å². The van der Waals surface area contributed by atoms with Crippen molar-refractivity contribution >= 4 is 12.0 Å².